The summed E-state index contributed by atoms with van der Waals surface area (Å²) in [7, 11) is 0. The summed E-state index contributed by atoms with van der Waals surface area (Å²) in [5.41, 5.74) is 0.702. The Balaban J connectivity index is 2.62. The first-order chi connectivity index (χ1) is 10.7. The fourth-order valence-corrected chi connectivity index (χ4v) is 1.68. The summed E-state index contributed by atoms with van der Waals surface area (Å²) in [5.74, 6) is -1.14. The van der Waals surface area contributed by atoms with Crippen LogP contribution >= 0.6 is 0 Å². The van der Waals surface area contributed by atoms with Crippen LogP contribution in [0.25, 0.3) is 6.08 Å². The number of hydrogen-bond donors (Lipinski definition) is 2. The van der Waals surface area contributed by atoms with Gasteiger partial charge in [0.15, 0.2) is 0 Å². The molecule has 6 nitrogen and oxygen atoms in total. The van der Waals surface area contributed by atoms with Crippen molar-refractivity contribution in [3.05, 3.63) is 41.5 Å². The van der Waals surface area contributed by atoms with E-state index in [0.29, 0.717) is 5.56 Å². The van der Waals surface area contributed by atoms with Crippen LogP contribution in [0, 0.1) is 11.3 Å². The summed E-state index contributed by atoms with van der Waals surface area (Å²) in [6.07, 6.45) is 2.73. The highest BCUT2D eigenvalue weighted by molar-refractivity contribution is 5.80. The molecule has 1 aromatic carbocycles. The number of nitriles is 1. The van der Waals surface area contributed by atoms with Crippen molar-refractivity contribution in [3.8, 4) is 6.07 Å². The van der Waals surface area contributed by atoms with Crippen LogP contribution in [-0.2, 0) is 9.53 Å². The van der Waals surface area contributed by atoms with Crippen molar-refractivity contribution in [2.75, 3.05) is 0 Å². The van der Waals surface area contributed by atoms with Crippen LogP contribution in [0.5, 0.6) is 0 Å². The van der Waals surface area contributed by atoms with Crippen LogP contribution in [0.1, 0.15) is 38.3 Å². The summed E-state index contributed by atoms with van der Waals surface area (Å²) in [6.45, 7) is 5.10. The van der Waals surface area contributed by atoms with Crippen molar-refractivity contribution in [2.45, 2.75) is 38.8 Å². The molecule has 0 aliphatic rings. The molecule has 0 fully saturated rings. The van der Waals surface area contributed by atoms with E-state index in [2.05, 4.69) is 5.32 Å². The van der Waals surface area contributed by atoms with Crippen LogP contribution in [0.2, 0.25) is 0 Å². The van der Waals surface area contributed by atoms with Gasteiger partial charge in [0.05, 0.1) is 11.6 Å². The second-order valence-electron chi connectivity index (χ2n) is 5.91. The summed E-state index contributed by atoms with van der Waals surface area (Å²) >= 11 is 0. The van der Waals surface area contributed by atoms with Crippen molar-refractivity contribution < 1.29 is 19.4 Å². The lowest BCUT2D eigenvalue weighted by molar-refractivity contribution is -0.139. The standard InChI is InChI=1S/C17H20N2O4/c1-17(2,3)23-16(22)19-14(15(20)21)6-4-5-12-7-9-13(11-18)10-8-12/h4-5,7-10,14H,6H2,1-3H3,(H,19,22)(H,20,21)/t14-/m0/s1. The van der Waals surface area contributed by atoms with Gasteiger partial charge in [0.2, 0.25) is 0 Å². The van der Waals surface area contributed by atoms with E-state index in [4.69, 9.17) is 15.1 Å². The lowest BCUT2D eigenvalue weighted by atomic mass is 10.1. The summed E-state index contributed by atoms with van der Waals surface area (Å²) in [6, 6.07) is 7.81. The molecule has 122 valence electrons. The molecule has 0 saturated carbocycles. The monoisotopic (exact) mass is 316 g/mol. The number of rotatable bonds is 5. The molecular weight excluding hydrogens is 296 g/mol. The number of nitrogens with zero attached hydrogens (tertiary/aromatic N) is 1. The van der Waals surface area contributed by atoms with Gasteiger partial charge in [-0.05, 0) is 44.9 Å². The summed E-state index contributed by atoms with van der Waals surface area (Å²) in [5, 5.41) is 20.2. The highest BCUT2D eigenvalue weighted by Gasteiger charge is 2.22. The van der Waals surface area contributed by atoms with E-state index in [9.17, 15) is 9.59 Å². The molecule has 23 heavy (non-hydrogen) atoms. The first-order valence-corrected chi connectivity index (χ1v) is 7.10. The lowest BCUT2D eigenvalue weighted by Gasteiger charge is -2.21. The number of amides is 1. The Morgan fingerprint density at radius 3 is 2.43 bits per heavy atom. The number of carboxylic acids is 1. The van der Waals surface area contributed by atoms with E-state index in [-0.39, 0.29) is 6.42 Å². The van der Waals surface area contributed by atoms with Crippen LogP contribution in [0.4, 0.5) is 4.79 Å². The van der Waals surface area contributed by atoms with Crippen molar-refractivity contribution in [3.63, 3.8) is 0 Å². The predicted molar refractivity (Wildman–Crippen MR) is 85.6 cm³/mol. The number of hydrogen-bond acceptors (Lipinski definition) is 4. The molecule has 0 unspecified atom stereocenters. The zero-order valence-electron chi connectivity index (χ0n) is 13.4. The largest absolute Gasteiger partial charge is 0.480 e. The topological polar surface area (TPSA) is 99.4 Å². The molecule has 1 rings (SSSR count). The number of carboxylic acid groups (broad SMARTS) is 1. The Morgan fingerprint density at radius 2 is 1.96 bits per heavy atom. The van der Waals surface area contributed by atoms with Gasteiger partial charge < -0.3 is 15.2 Å². The van der Waals surface area contributed by atoms with Gasteiger partial charge in [0, 0.05) is 0 Å². The zero-order chi connectivity index (χ0) is 17.5. The zero-order valence-corrected chi connectivity index (χ0v) is 13.4. The summed E-state index contributed by atoms with van der Waals surface area (Å²) < 4.78 is 5.04. The van der Waals surface area contributed by atoms with Crippen molar-refractivity contribution in [1.82, 2.24) is 5.32 Å². The van der Waals surface area contributed by atoms with Gasteiger partial charge in [0.1, 0.15) is 11.6 Å². The third-order valence-corrected chi connectivity index (χ3v) is 2.71. The number of carbonyl (C=O) groups is 2. The van der Waals surface area contributed by atoms with E-state index in [1.807, 2.05) is 6.07 Å². The smallest absolute Gasteiger partial charge is 0.408 e. The number of benzene rings is 1. The number of nitrogens with one attached hydrogen (secondary N) is 1. The number of aliphatic carboxylic acids is 1. The van der Waals surface area contributed by atoms with Crippen LogP contribution in [0.3, 0.4) is 0 Å². The maximum atomic E-state index is 11.6. The average Bonchev–Trinajstić information content (AvgIpc) is 2.44. The Kier molecular flexibility index (Phi) is 6.34. The third kappa shape index (κ3) is 7.14. The Bertz CT molecular complexity index is 621. The number of ether oxygens (including phenoxy) is 1. The molecule has 0 heterocycles. The molecular formula is C17H20N2O4. The molecule has 1 amide bonds. The minimum Gasteiger partial charge on any atom is -0.480 e. The molecule has 1 atom stereocenters. The summed E-state index contributed by atoms with van der Waals surface area (Å²) in [4.78, 5) is 22.8. The Hall–Kier alpha value is -2.81. The fraction of sp³-hybridized carbons (Fsp3) is 0.353. The van der Waals surface area contributed by atoms with E-state index >= 15 is 0 Å². The van der Waals surface area contributed by atoms with Crippen molar-refractivity contribution >= 4 is 18.1 Å². The molecule has 0 spiro atoms. The third-order valence-electron chi connectivity index (χ3n) is 2.71. The molecule has 0 radical (unpaired) electrons. The number of carbonyl (C=O) groups excluding carboxylic acids is 1. The molecule has 0 aromatic heterocycles. The highest BCUT2D eigenvalue weighted by atomic mass is 16.6. The lowest BCUT2D eigenvalue weighted by Crippen LogP contribution is -2.43. The van der Waals surface area contributed by atoms with Gasteiger partial charge in [-0.2, -0.15) is 5.26 Å². The first kappa shape index (κ1) is 18.2. The van der Waals surface area contributed by atoms with E-state index in [1.54, 1.807) is 57.2 Å². The Morgan fingerprint density at radius 1 is 1.35 bits per heavy atom. The van der Waals surface area contributed by atoms with E-state index in [1.165, 1.54) is 0 Å². The Labute approximate surface area is 135 Å². The average molecular weight is 316 g/mol. The minimum atomic E-state index is -1.14. The van der Waals surface area contributed by atoms with Gasteiger partial charge in [-0.3, -0.25) is 0 Å². The van der Waals surface area contributed by atoms with Crippen molar-refractivity contribution in [1.29, 1.82) is 5.26 Å². The first-order valence-electron chi connectivity index (χ1n) is 7.10. The molecule has 6 heteroatoms. The van der Waals surface area contributed by atoms with Crippen molar-refractivity contribution in [2.24, 2.45) is 0 Å². The normalized spacial score (nSPS) is 12.4. The SMILES string of the molecule is CC(C)(C)OC(=O)N[C@@H](CC=Cc1ccc(C#N)cc1)C(=O)O. The number of alkyl carbamates (subject to hydrolysis) is 1. The van der Waals surface area contributed by atoms with E-state index in [0.717, 1.165) is 5.56 Å². The van der Waals surface area contributed by atoms with Crippen LogP contribution < -0.4 is 5.32 Å². The highest BCUT2D eigenvalue weighted by Crippen LogP contribution is 2.09. The van der Waals surface area contributed by atoms with E-state index < -0.39 is 23.7 Å². The van der Waals surface area contributed by atoms with Gasteiger partial charge in [-0.1, -0.05) is 24.3 Å². The quantitative estimate of drug-likeness (QED) is 0.870. The maximum absolute atomic E-state index is 11.6. The van der Waals surface area contributed by atoms with Gasteiger partial charge in [-0.25, -0.2) is 9.59 Å². The second kappa shape index (κ2) is 7.99. The fourth-order valence-electron chi connectivity index (χ4n) is 1.68. The van der Waals surface area contributed by atoms with Gasteiger partial charge >= 0.3 is 12.1 Å². The predicted octanol–water partition coefficient (Wildman–Crippen LogP) is 2.94. The molecule has 2 N–H and O–H groups in total. The van der Waals surface area contributed by atoms with Gasteiger partial charge in [-0.15, -0.1) is 0 Å². The second-order valence-corrected chi connectivity index (χ2v) is 5.91. The van der Waals surface area contributed by atoms with Gasteiger partial charge in [0.25, 0.3) is 0 Å². The molecule has 0 bridgehead atoms. The molecule has 0 saturated heterocycles. The molecule has 1 aromatic rings. The maximum Gasteiger partial charge on any atom is 0.408 e. The molecule has 0 aliphatic carbocycles. The minimum absolute atomic E-state index is 0.120. The van der Waals surface area contributed by atoms with Crippen LogP contribution in [-0.4, -0.2) is 28.8 Å². The molecule has 0 aliphatic heterocycles. The van der Waals surface area contributed by atoms with Crippen LogP contribution in [0.15, 0.2) is 30.3 Å².